The second-order valence-electron chi connectivity index (χ2n) is 11.7. The zero-order chi connectivity index (χ0) is 21.0. The van der Waals surface area contributed by atoms with Crippen molar-refractivity contribution in [2.45, 2.75) is 91.9 Å². The SMILES string of the molecule is CC(C)(C)n1c(-c2ccccc2)[n+](C(C)(C)C)[si-]1N([Si](C)(C)C)[Si](C)(C)C. The second kappa shape index (κ2) is 6.88. The van der Waals surface area contributed by atoms with Crippen molar-refractivity contribution in [3.05, 3.63) is 30.3 Å². The molecule has 6 heteroatoms. The van der Waals surface area contributed by atoms with E-state index in [0.717, 1.165) is 0 Å². The van der Waals surface area contributed by atoms with E-state index in [4.69, 9.17) is 0 Å². The Labute approximate surface area is 171 Å². The van der Waals surface area contributed by atoms with Crippen molar-refractivity contribution in [2.24, 2.45) is 0 Å². The summed E-state index contributed by atoms with van der Waals surface area (Å²) in [4.78, 5) is 0. The summed E-state index contributed by atoms with van der Waals surface area (Å²) in [6, 6.07) is 11.0. The molecule has 1 heterocycles. The number of nitrogens with zero attached hydrogens (tertiary/aromatic N) is 3. The van der Waals surface area contributed by atoms with Gasteiger partial charge in [0, 0.05) is 16.6 Å². The maximum Gasteiger partial charge on any atom is 0.196 e. The van der Waals surface area contributed by atoms with Crippen LogP contribution in [0.15, 0.2) is 30.3 Å². The van der Waals surface area contributed by atoms with Crippen molar-refractivity contribution in [3.8, 4) is 11.4 Å². The van der Waals surface area contributed by atoms with E-state index < -0.39 is 25.4 Å². The van der Waals surface area contributed by atoms with Crippen molar-refractivity contribution >= 4 is 25.4 Å². The van der Waals surface area contributed by atoms with Gasteiger partial charge in [-0.1, -0.05) is 18.2 Å². The molecule has 3 nitrogen and oxygen atoms in total. The van der Waals surface area contributed by atoms with E-state index in [1.807, 2.05) is 0 Å². The Morgan fingerprint density at radius 2 is 1.26 bits per heavy atom. The molecule has 2 aromatic rings. The van der Waals surface area contributed by atoms with Gasteiger partial charge in [0.1, 0.15) is 22.3 Å². The predicted molar refractivity (Wildman–Crippen MR) is 127 cm³/mol. The summed E-state index contributed by atoms with van der Waals surface area (Å²) < 4.78 is 8.62. The van der Waals surface area contributed by atoms with Crippen molar-refractivity contribution < 1.29 is 4.22 Å². The molecule has 27 heavy (non-hydrogen) atoms. The first-order valence-corrected chi connectivity index (χ1v) is 18.4. The molecule has 0 N–H and O–H groups in total. The lowest BCUT2D eigenvalue weighted by Crippen LogP contribution is -2.82. The van der Waals surface area contributed by atoms with Crippen LogP contribution in [0, 0.1) is 0 Å². The van der Waals surface area contributed by atoms with Crippen LogP contribution < -0.4 is 8.12 Å². The molecule has 1 aromatic carbocycles. The summed E-state index contributed by atoms with van der Waals surface area (Å²) in [7, 11) is -3.97. The molecule has 0 unspecified atom stereocenters. The standard InChI is InChI=1S/C21H41N3Si3/c1-20(2,3)22-19(18-16-14-13-15-17-18)23(21(4,5)6)25(22)24(26(7,8)9)27(10,11)12/h13-17H,1-12H3. The van der Waals surface area contributed by atoms with E-state index in [2.05, 4.69) is 123 Å². The highest BCUT2D eigenvalue weighted by Gasteiger charge is 2.41. The first kappa shape index (κ1) is 22.4. The number of hydrogen-bond donors (Lipinski definition) is 0. The molecule has 0 saturated carbocycles. The Balaban J connectivity index is 2.93. The number of aromatic nitrogens is 2. The van der Waals surface area contributed by atoms with E-state index in [0.29, 0.717) is 0 Å². The Hall–Kier alpha value is -0.859. The molecule has 0 bridgehead atoms. The fourth-order valence-corrected chi connectivity index (χ4v) is 20.8. The lowest BCUT2D eigenvalue weighted by atomic mass is 10.1. The normalized spacial score (nSPS) is 13.9. The highest BCUT2D eigenvalue weighted by Crippen LogP contribution is 2.30. The Bertz CT molecular complexity index is 732. The van der Waals surface area contributed by atoms with Crippen LogP contribution in [-0.2, 0) is 11.1 Å². The Morgan fingerprint density at radius 1 is 0.815 bits per heavy atom. The van der Waals surface area contributed by atoms with E-state index in [-0.39, 0.29) is 11.1 Å². The van der Waals surface area contributed by atoms with Crippen LogP contribution in [-0.4, -0.2) is 29.6 Å². The molecule has 0 radical (unpaired) electrons. The average molecular weight is 420 g/mol. The third kappa shape index (κ3) is 4.43. The molecule has 0 spiro atoms. The van der Waals surface area contributed by atoms with Crippen LogP contribution in [0.3, 0.4) is 0 Å². The minimum absolute atomic E-state index is 0.110. The zero-order valence-corrected chi connectivity index (χ0v) is 22.7. The van der Waals surface area contributed by atoms with Crippen molar-refractivity contribution in [2.75, 3.05) is 3.90 Å². The predicted octanol–water partition coefficient (Wildman–Crippen LogP) is 5.31. The van der Waals surface area contributed by atoms with Gasteiger partial charge in [0.25, 0.3) is 0 Å². The van der Waals surface area contributed by atoms with Gasteiger partial charge < -0.3 is 12.3 Å². The molecule has 0 fully saturated rings. The summed E-state index contributed by atoms with van der Waals surface area (Å²) in [6.45, 7) is 29.5. The molecule has 0 aliphatic carbocycles. The summed E-state index contributed by atoms with van der Waals surface area (Å²) in [5, 5.41) is 0. The number of benzene rings is 1. The monoisotopic (exact) mass is 419 g/mol. The Kier molecular flexibility index (Phi) is 5.72. The van der Waals surface area contributed by atoms with E-state index >= 15 is 0 Å². The van der Waals surface area contributed by atoms with Crippen LogP contribution in [0.1, 0.15) is 41.5 Å². The maximum absolute atomic E-state index is 3.05. The smallest absolute Gasteiger partial charge is 0.196 e. The van der Waals surface area contributed by atoms with Crippen LogP contribution >= 0.6 is 0 Å². The average Bonchev–Trinajstić information content (AvgIpc) is 2.37. The maximum atomic E-state index is 3.05. The lowest BCUT2D eigenvalue weighted by Gasteiger charge is -2.60. The van der Waals surface area contributed by atoms with Crippen LogP contribution in [0.2, 0.25) is 39.3 Å². The topological polar surface area (TPSA) is 12.0 Å². The number of hydrogen-bond acceptors (Lipinski definition) is 1. The fraction of sp³-hybridized carbons (Fsp3) is 0.667. The van der Waals surface area contributed by atoms with Gasteiger partial charge in [-0.05, 0) is 93.0 Å². The van der Waals surface area contributed by atoms with Crippen LogP contribution in [0.25, 0.3) is 11.4 Å². The first-order valence-electron chi connectivity index (χ1n) is 10.2. The molecule has 152 valence electrons. The summed E-state index contributed by atoms with van der Waals surface area (Å²) >= 11 is 0. The van der Waals surface area contributed by atoms with Gasteiger partial charge in [-0.2, -0.15) is 0 Å². The van der Waals surface area contributed by atoms with Gasteiger partial charge >= 0.3 is 0 Å². The van der Waals surface area contributed by atoms with Crippen LogP contribution in [0.4, 0.5) is 0 Å². The highest BCUT2D eigenvalue weighted by atomic mass is 28.5. The van der Waals surface area contributed by atoms with Crippen LogP contribution in [0.5, 0.6) is 0 Å². The van der Waals surface area contributed by atoms with Gasteiger partial charge in [0.15, 0.2) is 8.90 Å². The molecule has 1 aromatic heterocycles. The summed E-state index contributed by atoms with van der Waals surface area (Å²) in [5.41, 5.74) is 1.57. The molecule has 2 rings (SSSR count). The molecular formula is C21H41N3Si3. The third-order valence-electron chi connectivity index (χ3n) is 4.74. The molecule has 0 aliphatic rings. The summed E-state index contributed by atoms with van der Waals surface area (Å²) in [6.07, 6.45) is 0. The number of rotatable bonds is 4. The van der Waals surface area contributed by atoms with Gasteiger partial charge in [-0.3, -0.25) is 0 Å². The minimum Gasteiger partial charge on any atom is -0.557 e. The second-order valence-corrected chi connectivity index (χ2v) is 24.5. The lowest BCUT2D eigenvalue weighted by molar-refractivity contribution is -0.714. The van der Waals surface area contributed by atoms with Crippen molar-refractivity contribution in [3.63, 3.8) is 0 Å². The third-order valence-corrected chi connectivity index (χ3v) is 19.6. The molecular weight excluding hydrogens is 379 g/mol. The fourth-order valence-electron chi connectivity index (χ4n) is 4.23. The van der Waals surface area contributed by atoms with Gasteiger partial charge in [0.05, 0.1) is 0 Å². The molecule has 0 amide bonds. The first-order chi connectivity index (χ1) is 12.0. The van der Waals surface area contributed by atoms with E-state index in [9.17, 15) is 0 Å². The van der Waals surface area contributed by atoms with E-state index in [1.54, 1.807) is 0 Å². The quantitative estimate of drug-likeness (QED) is 0.612. The van der Waals surface area contributed by atoms with Gasteiger partial charge in [0.2, 0.25) is 0 Å². The van der Waals surface area contributed by atoms with Gasteiger partial charge in [-0.15, -0.1) is 0 Å². The van der Waals surface area contributed by atoms with Crippen molar-refractivity contribution in [1.82, 2.24) is 4.22 Å². The largest absolute Gasteiger partial charge is 0.557 e. The van der Waals surface area contributed by atoms with E-state index in [1.165, 1.54) is 11.4 Å². The van der Waals surface area contributed by atoms with Gasteiger partial charge in [-0.25, -0.2) is 0 Å². The summed E-state index contributed by atoms with van der Waals surface area (Å²) in [5.74, 6) is 1.42. The molecule has 0 atom stereocenters. The Morgan fingerprint density at radius 3 is 1.59 bits per heavy atom. The molecule has 0 saturated heterocycles. The highest BCUT2D eigenvalue weighted by molar-refractivity contribution is 7.06. The molecule has 0 aliphatic heterocycles. The minimum atomic E-state index is -1.48. The zero-order valence-electron chi connectivity index (χ0n) is 19.7. The van der Waals surface area contributed by atoms with Crippen molar-refractivity contribution in [1.29, 1.82) is 0 Å².